The van der Waals surface area contributed by atoms with E-state index in [1.165, 1.54) is 0 Å². The van der Waals surface area contributed by atoms with Crippen LogP contribution in [0.3, 0.4) is 0 Å². The second kappa shape index (κ2) is 3.28. The van der Waals surface area contributed by atoms with Crippen LogP contribution >= 0.6 is 7.60 Å². The third-order valence-electron chi connectivity index (χ3n) is 0.287. The molecule has 1 amide bonds. The van der Waals surface area contributed by atoms with Gasteiger partial charge in [0, 0.05) is 0 Å². The first-order valence-electron chi connectivity index (χ1n) is 1.30. The van der Waals surface area contributed by atoms with Crippen molar-refractivity contribution in [1.82, 2.24) is 0 Å². The first kappa shape index (κ1) is 11.1. The van der Waals surface area contributed by atoms with Crippen LogP contribution in [0.15, 0.2) is 0 Å². The average molecular weight is 133 g/mol. The average Bonchev–Trinajstić information content (AvgIpc) is 1.31. The van der Waals surface area contributed by atoms with E-state index >= 15 is 0 Å². The van der Waals surface area contributed by atoms with Gasteiger partial charge < -0.3 is 15.5 Å². The Morgan fingerprint density at radius 3 is 1.62 bits per heavy atom. The van der Waals surface area contributed by atoms with Gasteiger partial charge >= 0.3 is 32.1 Å². The van der Waals surface area contributed by atoms with E-state index in [0.717, 1.165) is 0 Å². The topological polar surface area (TPSA) is 101 Å². The molecule has 0 aliphatic carbocycles. The number of hydrogen-bond acceptors (Lipinski definition) is 2. The molecule has 8 heavy (non-hydrogen) atoms. The van der Waals surface area contributed by atoms with Gasteiger partial charge in [-0.05, 0) is 0 Å². The van der Waals surface area contributed by atoms with Crippen molar-refractivity contribution in [3.8, 4) is 0 Å². The molecule has 44 valence electrons. The molecule has 0 unspecified atom stereocenters. The zero-order valence-corrected chi connectivity index (χ0v) is 4.13. The van der Waals surface area contributed by atoms with Crippen molar-refractivity contribution >= 4 is 32.1 Å². The van der Waals surface area contributed by atoms with Gasteiger partial charge in [-0.3, -0.25) is 4.79 Å². The van der Waals surface area contributed by atoms with Crippen LogP contribution in [0.5, 0.6) is 0 Å². The number of amides is 1. The van der Waals surface area contributed by atoms with Gasteiger partial charge in [-0.2, -0.15) is 0 Å². The molecule has 7 heteroatoms. The monoisotopic (exact) mass is 133 g/mol. The molecule has 0 bridgehead atoms. The molecule has 0 atom stereocenters. The quantitative estimate of drug-likeness (QED) is 0.302. The summed E-state index contributed by atoms with van der Waals surface area (Å²) in [4.78, 5) is 24.9. The summed E-state index contributed by atoms with van der Waals surface area (Å²) >= 11 is 0. The molecule has 0 saturated carbocycles. The van der Waals surface area contributed by atoms with Crippen LogP contribution in [0.1, 0.15) is 0 Å². The zero-order chi connectivity index (χ0) is 6.08. The second-order valence-electron chi connectivity index (χ2n) is 0.882. The van der Waals surface area contributed by atoms with Crippen molar-refractivity contribution in [3.05, 3.63) is 0 Å². The molecule has 0 heterocycles. The van der Waals surface area contributed by atoms with E-state index in [0.29, 0.717) is 0 Å². The zero-order valence-electron chi connectivity index (χ0n) is 3.24. The van der Waals surface area contributed by atoms with Gasteiger partial charge in [-0.1, -0.05) is 0 Å². The molecule has 0 rings (SSSR count). The van der Waals surface area contributed by atoms with Crippen molar-refractivity contribution in [2.24, 2.45) is 5.73 Å². The summed E-state index contributed by atoms with van der Waals surface area (Å²) in [5.41, 5.74) is 2.58. The van der Waals surface area contributed by atoms with Gasteiger partial charge in [0.15, 0.2) is 0 Å². The Bertz CT molecular complexity index is 128. The van der Waals surface area contributed by atoms with Gasteiger partial charge in [-0.25, -0.2) is 4.57 Å². The Kier molecular flexibility index (Phi) is 4.55. The van der Waals surface area contributed by atoms with Gasteiger partial charge in [0.25, 0.3) is 0 Å². The van der Waals surface area contributed by atoms with Crippen LogP contribution in [0.2, 0.25) is 0 Å². The molecule has 0 radical (unpaired) electrons. The molecule has 0 aromatic carbocycles. The van der Waals surface area contributed by atoms with E-state index in [2.05, 4.69) is 5.73 Å². The fourth-order valence-electron chi connectivity index (χ4n) is 0. The van der Waals surface area contributed by atoms with E-state index in [-0.39, 0.29) is 18.9 Å². The number of carbonyl (C=O) groups excluding carboxylic acids is 1. The van der Waals surface area contributed by atoms with Crippen LogP contribution in [-0.4, -0.2) is 34.3 Å². The first-order valence-corrected chi connectivity index (χ1v) is 2.91. The maximum atomic E-state index is 9.55. The number of rotatable bonds is 1. The second-order valence-corrected chi connectivity index (χ2v) is 2.41. The van der Waals surface area contributed by atoms with Crippen molar-refractivity contribution < 1.29 is 19.1 Å². The van der Waals surface area contributed by atoms with Crippen LogP contribution in [0.25, 0.3) is 0 Å². The minimum absolute atomic E-state index is 0. The maximum absolute atomic E-state index is 9.55. The van der Waals surface area contributed by atoms with Gasteiger partial charge in [0.2, 0.25) is 0 Å². The first-order chi connectivity index (χ1) is 2.94. The Hall–Kier alpha value is 0.217. The molecule has 0 saturated heterocycles. The predicted molar refractivity (Wildman–Crippen MR) is 28.8 cm³/mol. The third-order valence-corrected chi connectivity index (χ3v) is 0.861. The third kappa shape index (κ3) is 4.38. The minimum atomic E-state index is -4.60. The van der Waals surface area contributed by atoms with Crippen LogP contribution in [0.4, 0.5) is 4.79 Å². The standard InChI is InChI=1S/CH4NO4P.Li.H/c2-1(3)7(4,5)6;;/h(H2,2,3)(H2,4,5,6);;. The summed E-state index contributed by atoms with van der Waals surface area (Å²) < 4.78 is 9.55. The Balaban J connectivity index is 0. The number of nitrogens with two attached hydrogens (primary N) is 1. The molecule has 0 aromatic heterocycles. The molecule has 5 nitrogen and oxygen atoms in total. The van der Waals surface area contributed by atoms with Crippen LogP contribution in [-0.2, 0) is 4.57 Å². The molecule has 0 aliphatic heterocycles. The van der Waals surface area contributed by atoms with Gasteiger partial charge in [-0.15, -0.1) is 0 Å². The van der Waals surface area contributed by atoms with E-state index in [9.17, 15) is 9.36 Å². The molecular formula is CH5LiNO4P. The number of primary amides is 1. The van der Waals surface area contributed by atoms with Crippen LogP contribution in [0, 0.1) is 0 Å². The van der Waals surface area contributed by atoms with Crippen LogP contribution < -0.4 is 5.73 Å². The molecule has 4 N–H and O–H groups in total. The molecule has 0 aliphatic rings. The molecule has 0 aromatic rings. The normalized spacial score (nSPS) is 9.75. The Morgan fingerprint density at radius 2 is 1.62 bits per heavy atom. The van der Waals surface area contributed by atoms with E-state index in [1.54, 1.807) is 0 Å². The Morgan fingerprint density at radius 1 is 1.50 bits per heavy atom. The van der Waals surface area contributed by atoms with Crippen molar-refractivity contribution in [2.75, 3.05) is 0 Å². The summed E-state index contributed by atoms with van der Waals surface area (Å²) in [5, 5.41) is 0. The summed E-state index contributed by atoms with van der Waals surface area (Å²) in [6.45, 7) is 0. The summed E-state index contributed by atoms with van der Waals surface area (Å²) in [5.74, 6) is 0. The fourth-order valence-corrected chi connectivity index (χ4v) is 0. The molecular weight excluding hydrogens is 128 g/mol. The van der Waals surface area contributed by atoms with Gasteiger partial charge in [0.05, 0.1) is 0 Å². The van der Waals surface area contributed by atoms with Crippen molar-refractivity contribution in [3.63, 3.8) is 0 Å². The summed E-state index contributed by atoms with van der Waals surface area (Å²) in [6, 6.07) is 0. The van der Waals surface area contributed by atoms with E-state index in [4.69, 9.17) is 9.79 Å². The molecule has 0 fully saturated rings. The van der Waals surface area contributed by atoms with Gasteiger partial charge in [0.1, 0.15) is 0 Å². The van der Waals surface area contributed by atoms with Crippen molar-refractivity contribution in [1.29, 1.82) is 0 Å². The fraction of sp³-hybridized carbons (Fsp3) is 0. The SMILES string of the molecule is NC(=O)P(=O)(O)O.[LiH]. The molecule has 0 spiro atoms. The summed E-state index contributed by atoms with van der Waals surface area (Å²) in [7, 11) is -4.60. The van der Waals surface area contributed by atoms with E-state index in [1.807, 2.05) is 0 Å². The van der Waals surface area contributed by atoms with Crippen molar-refractivity contribution in [2.45, 2.75) is 0 Å². The predicted octanol–water partition coefficient (Wildman–Crippen LogP) is -1.41. The Labute approximate surface area is 57.6 Å². The number of carbonyl (C=O) groups is 1. The number of hydrogen-bond donors (Lipinski definition) is 3. The summed E-state index contributed by atoms with van der Waals surface area (Å²) in [6.07, 6.45) is 0. The van der Waals surface area contributed by atoms with E-state index < -0.39 is 13.2 Å².